The van der Waals surface area contributed by atoms with Crippen LogP contribution in [0.25, 0.3) is 11.3 Å². The Morgan fingerprint density at radius 2 is 2.00 bits per heavy atom. The third kappa shape index (κ3) is 2.94. The molecule has 26 heavy (non-hydrogen) atoms. The van der Waals surface area contributed by atoms with Crippen molar-refractivity contribution in [2.24, 2.45) is 7.05 Å². The molecule has 6 nitrogen and oxygen atoms in total. The molecular formula is C20H20N4O2. The number of aromatic nitrogens is 3. The second kappa shape index (κ2) is 6.63. The first-order chi connectivity index (χ1) is 12.6. The monoisotopic (exact) mass is 348 g/mol. The van der Waals surface area contributed by atoms with Gasteiger partial charge in [0.05, 0.1) is 11.4 Å². The number of hydrogen-bond acceptors (Lipinski definition) is 3. The van der Waals surface area contributed by atoms with Crippen molar-refractivity contribution in [3.05, 3.63) is 70.5 Å². The molecule has 0 bridgehead atoms. The number of benzene rings is 1. The highest BCUT2D eigenvalue weighted by molar-refractivity contribution is 6.05. The molecule has 0 fully saturated rings. The Morgan fingerprint density at radius 1 is 1.15 bits per heavy atom. The number of fused-ring (bicyclic) bond motifs is 1. The van der Waals surface area contributed by atoms with E-state index in [1.165, 1.54) is 17.1 Å². The summed E-state index contributed by atoms with van der Waals surface area (Å²) in [6.45, 7) is 0.983. The minimum atomic E-state index is -0.414. The zero-order valence-corrected chi connectivity index (χ0v) is 14.6. The van der Waals surface area contributed by atoms with Crippen molar-refractivity contribution >= 4 is 11.6 Å². The third-order valence-corrected chi connectivity index (χ3v) is 4.73. The number of pyridine rings is 1. The number of carbonyl (C=O) groups excluding carboxylic acids is 1. The lowest BCUT2D eigenvalue weighted by Crippen LogP contribution is -2.27. The highest BCUT2D eigenvalue weighted by atomic mass is 16.2. The topological polar surface area (TPSA) is 68.9 Å². The molecule has 1 aliphatic heterocycles. The predicted molar refractivity (Wildman–Crippen MR) is 100 cm³/mol. The van der Waals surface area contributed by atoms with Gasteiger partial charge in [-0.25, -0.2) is 4.98 Å². The van der Waals surface area contributed by atoms with Gasteiger partial charge >= 0.3 is 0 Å². The number of nitrogens with one attached hydrogen (secondary N) is 1. The summed E-state index contributed by atoms with van der Waals surface area (Å²) < 4.78 is 3.58. The van der Waals surface area contributed by atoms with Crippen LogP contribution >= 0.6 is 0 Å². The molecule has 1 N–H and O–H groups in total. The lowest BCUT2D eigenvalue weighted by atomic mass is 10.1. The van der Waals surface area contributed by atoms with Gasteiger partial charge in [0, 0.05) is 38.0 Å². The number of hydrogen-bond donors (Lipinski definition) is 1. The van der Waals surface area contributed by atoms with Crippen LogP contribution in [0.5, 0.6) is 0 Å². The highest BCUT2D eigenvalue weighted by Crippen LogP contribution is 2.29. The minimum absolute atomic E-state index is 0.119. The van der Waals surface area contributed by atoms with Gasteiger partial charge < -0.3 is 14.5 Å². The molecule has 0 aliphatic carbocycles. The first-order valence-electron chi connectivity index (χ1n) is 8.76. The minimum Gasteiger partial charge on any atom is -0.334 e. The Balaban J connectivity index is 1.68. The molecule has 0 radical (unpaired) electrons. The van der Waals surface area contributed by atoms with Gasteiger partial charge in [-0.2, -0.15) is 0 Å². The van der Waals surface area contributed by atoms with Gasteiger partial charge in [0.25, 0.3) is 11.5 Å². The van der Waals surface area contributed by atoms with Crippen LogP contribution in [0.1, 0.15) is 29.0 Å². The second-order valence-electron chi connectivity index (χ2n) is 6.53. The zero-order valence-electron chi connectivity index (χ0n) is 14.6. The van der Waals surface area contributed by atoms with Gasteiger partial charge in [0.2, 0.25) is 0 Å². The van der Waals surface area contributed by atoms with Gasteiger partial charge in [-0.1, -0.05) is 18.2 Å². The SMILES string of the molecule is Cn1cccc(C(=O)Nc2ccccc2-c2cn3c(n2)CCCC3)c1=O. The van der Waals surface area contributed by atoms with E-state index >= 15 is 0 Å². The molecule has 3 heterocycles. The summed E-state index contributed by atoms with van der Waals surface area (Å²) in [7, 11) is 1.63. The summed E-state index contributed by atoms with van der Waals surface area (Å²) in [5, 5.41) is 2.87. The van der Waals surface area contributed by atoms with Crippen LogP contribution in [-0.4, -0.2) is 20.0 Å². The van der Waals surface area contributed by atoms with E-state index < -0.39 is 5.91 Å². The molecule has 3 aromatic rings. The number of anilines is 1. The number of rotatable bonds is 3. The Morgan fingerprint density at radius 3 is 2.85 bits per heavy atom. The smallest absolute Gasteiger partial charge is 0.263 e. The predicted octanol–water partition coefficient (Wildman–Crippen LogP) is 2.84. The van der Waals surface area contributed by atoms with Gasteiger partial charge in [0.15, 0.2) is 0 Å². The molecule has 132 valence electrons. The van der Waals surface area contributed by atoms with Crippen molar-refractivity contribution in [3.8, 4) is 11.3 Å². The summed E-state index contributed by atoms with van der Waals surface area (Å²) in [4.78, 5) is 29.5. The van der Waals surface area contributed by atoms with E-state index in [4.69, 9.17) is 4.98 Å². The normalized spacial score (nSPS) is 13.3. The van der Waals surface area contributed by atoms with E-state index in [9.17, 15) is 9.59 Å². The first-order valence-corrected chi connectivity index (χ1v) is 8.76. The number of nitrogens with zero attached hydrogens (tertiary/aromatic N) is 3. The molecule has 4 rings (SSSR count). The average Bonchev–Trinajstić information content (AvgIpc) is 3.08. The second-order valence-corrected chi connectivity index (χ2v) is 6.53. The molecule has 2 aromatic heterocycles. The molecule has 1 aliphatic rings. The summed E-state index contributed by atoms with van der Waals surface area (Å²) in [5.41, 5.74) is 2.15. The maximum atomic E-state index is 12.6. The fraction of sp³-hybridized carbons (Fsp3) is 0.250. The van der Waals surface area contributed by atoms with Crippen LogP contribution in [-0.2, 0) is 20.0 Å². The molecule has 0 spiro atoms. The Kier molecular flexibility index (Phi) is 4.16. The summed E-state index contributed by atoms with van der Waals surface area (Å²) in [6, 6.07) is 10.8. The standard InChI is InChI=1S/C20H20N4O2/c1-23-11-6-8-15(20(23)26)19(25)22-16-9-3-2-7-14(16)17-13-24-12-5-4-10-18(24)21-17/h2-3,6-9,11,13H,4-5,10,12H2,1H3,(H,22,25). The van der Waals surface area contributed by atoms with Crippen molar-refractivity contribution < 1.29 is 4.79 Å². The number of amides is 1. The lowest BCUT2D eigenvalue weighted by molar-refractivity contribution is 0.102. The van der Waals surface area contributed by atoms with Crippen LogP contribution in [0.15, 0.2) is 53.6 Å². The molecule has 6 heteroatoms. The van der Waals surface area contributed by atoms with Crippen LogP contribution in [0.4, 0.5) is 5.69 Å². The fourth-order valence-corrected chi connectivity index (χ4v) is 3.32. The number of aryl methyl sites for hydroxylation is 3. The molecule has 1 amide bonds. The maximum absolute atomic E-state index is 12.6. The van der Waals surface area contributed by atoms with Crippen molar-refractivity contribution in [2.45, 2.75) is 25.8 Å². The Bertz CT molecular complexity index is 1010. The van der Waals surface area contributed by atoms with Crippen LogP contribution < -0.4 is 10.9 Å². The molecule has 1 aromatic carbocycles. The highest BCUT2D eigenvalue weighted by Gasteiger charge is 2.17. The van der Waals surface area contributed by atoms with Crippen molar-refractivity contribution in [3.63, 3.8) is 0 Å². The molecule has 0 saturated heterocycles. The van der Waals surface area contributed by atoms with E-state index in [1.54, 1.807) is 19.3 Å². The van der Waals surface area contributed by atoms with Gasteiger partial charge in [-0.3, -0.25) is 9.59 Å². The van der Waals surface area contributed by atoms with Gasteiger partial charge in [0.1, 0.15) is 11.4 Å². The Labute approximate surface area is 151 Å². The maximum Gasteiger partial charge on any atom is 0.263 e. The van der Waals surface area contributed by atoms with Crippen LogP contribution in [0.3, 0.4) is 0 Å². The van der Waals surface area contributed by atoms with E-state index in [1.807, 2.05) is 30.5 Å². The van der Waals surface area contributed by atoms with E-state index in [0.717, 1.165) is 36.5 Å². The largest absolute Gasteiger partial charge is 0.334 e. The quantitative estimate of drug-likeness (QED) is 0.791. The van der Waals surface area contributed by atoms with Crippen LogP contribution in [0, 0.1) is 0 Å². The van der Waals surface area contributed by atoms with E-state index in [0.29, 0.717) is 5.69 Å². The number of imidazole rings is 1. The average molecular weight is 348 g/mol. The molecule has 0 atom stereocenters. The summed E-state index contributed by atoms with van der Waals surface area (Å²) in [6.07, 6.45) is 6.98. The third-order valence-electron chi connectivity index (χ3n) is 4.73. The molecular weight excluding hydrogens is 328 g/mol. The first kappa shape index (κ1) is 16.3. The lowest BCUT2D eigenvalue weighted by Gasteiger charge is -2.11. The van der Waals surface area contributed by atoms with E-state index in [-0.39, 0.29) is 11.1 Å². The van der Waals surface area contributed by atoms with E-state index in [2.05, 4.69) is 9.88 Å². The van der Waals surface area contributed by atoms with Crippen molar-refractivity contribution in [1.82, 2.24) is 14.1 Å². The summed E-state index contributed by atoms with van der Waals surface area (Å²) >= 11 is 0. The molecule has 0 unspecified atom stereocenters. The van der Waals surface area contributed by atoms with Crippen molar-refractivity contribution in [2.75, 3.05) is 5.32 Å². The van der Waals surface area contributed by atoms with Gasteiger partial charge in [-0.15, -0.1) is 0 Å². The van der Waals surface area contributed by atoms with Gasteiger partial charge in [-0.05, 0) is 31.0 Å². The number of para-hydroxylation sites is 1. The summed E-state index contributed by atoms with van der Waals surface area (Å²) in [5.74, 6) is 0.673. The Hall–Kier alpha value is -3.15. The van der Waals surface area contributed by atoms with Crippen LogP contribution in [0.2, 0.25) is 0 Å². The van der Waals surface area contributed by atoms with Crippen molar-refractivity contribution in [1.29, 1.82) is 0 Å². The number of carbonyl (C=O) groups is 1. The zero-order chi connectivity index (χ0) is 18.1. The molecule has 0 saturated carbocycles. The fourth-order valence-electron chi connectivity index (χ4n) is 3.32.